The van der Waals surface area contributed by atoms with Gasteiger partial charge in [-0.25, -0.2) is 18.7 Å². The number of rotatable bonds is 5. The van der Waals surface area contributed by atoms with Crippen LogP contribution in [0.25, 0.3) is 11.3 Å². The number of nitrogens with zero attached hydrogens (tertiary/aromatic N) is 5. The van der Waals surface area contributed by atoms with Crippen molar-refractivity contribution in [1.82, 2.24) is 19.8 Å². The van der Waals surface area contributed by atoms with Crippen molar-refractivity contribution in [1.29, 1.82) is 0 Å². The molecule has 3 heterocycles. The SMILES string of the molecule is CN(C)C1CCN(C(=O)c2ccc(Nc3ncc4c(n3)-c3ccc(Cl)cc3C(c3c(F)cccc3F)=NC4)cc2)C1. The molecule has 4 aromatic rings. The first kappa shape index (κ1) is 27.0. The molecule has 0 aliphatic carbocycles. The Bertz CT molecular complexity index is 1650. The third-order valence-electron chi connectivity index (χ3n) is 7.53. The summed E-state index contributed by atoms with van der Waals surface area (Å²) in [4.78, 5) is 30.8. The van der Waals surface area contributed by atoms with Gasteiger partial charge in [0.1, 0.15) is 11.6 Å². The number of amides is 1. The monoisotopic (exact) mass is 572 g/mol. The first-order valence-corrected chi connectivity index (χ1v) is 13.6. The quantitative estimate of drug-likeness (QED) is 0.320. The van der Waals surface area contributed by atoms with Crippen LogP contribution in [0.1, 0.15) is 33.5 Å². The number of aliphatic imine (C=N–C) groups is 1. The molecule has 3 aromatic carbocycles. The minimum atomic E-state index is -0.710. The van der Waals surface area contributed by atoms with Crippen LogP contribution in [0.15, 0.2) is 71.9 Å². The zero-order valence-corrected chi connectivity index (χ0v) is 23.3. The van der Waals surface area contributed by atoms with E-state index in [-0.39, 0.29) is 23.7 Å². The van der Waals surface area contributed by atoms with Crippen LogP contribution in [0.4, 0.5) is 20.4 Å². The highest BCUT2D eigenvalue weighted by atomic mass is 35.5. The van der Waals surface area contributed by atoms with Crippen LogP contribution >= 0.6 is 11.6 Å². The molecule has 0 spiro atoms. The highest BCUT2D eigenvalue weighted by Crippen LogP contribution is 2.35. The summed E-state index contributed by atoms with van der Waals surface area (Å²) in [6.07, 6.45) is 2.62. The number of anilines is 2. The smallest absolute Gasteiger partial charge is 0.253 e. The molecule has 6 rings (SSSR count). The number of hydrogen-bond donors (Lipinski definition) is 1. The van der Waals surface area contributed by atoms with Gasteiger partial charge < -0.3 is 15.1 Å². The average molecular weight is 573 g/mol. The highest BCUT2D eigenvalue weighted by molar-refractivity contribution is 6.31. The van der Waals surface area contributed by atoms with Crippen molar-refractivity contribution in [3.8, 4) is 11.3 Å². The van der Waals surface area contributed by atoms with Gasteiger partial charge in [-0.1, -0.05) is 23.7 Å². The molecule has 1 unspecified atom stereocenters. The molecule has 0 saturated carbocycles. The number of hydrogen-bond acceptors (Lipinski definition) is 6. The van der Waals surface area contributed by atoms with Crippen molar-refractivity contribution >= 4 is 34.9 Å². The Morgan fingerprint density at radius 2 is 1.80 bits per heavy atom. The fourth-order valence-electron chi connectivity index (χ4n) is 5.28. The van der Waals surface area contributed by atoms with E-state index in [1.165, 1.54) is 18.2 Å². The molecule has 1 amide bonds. The number of halogens is 3. The molecule has 0 radical (unpaired) electrons. The predicted molar refractivity (Wildman–Crippen MR) is 156 cm³/mol. The molecule has 1 aromatic heterocycles. The van der Waals surface area contributed by atoms with Crippen molar-refractivity contribution in [3.05, 3.63) is 106 Å². The summed E-state index contributed by atoms with van der Waals surface area (Å²) in [6, 6.07) is 16.4. The molecule has 1 saturated heterocycles. The van der Waals surface area contributed by atoms with Crippen LogP contribution < -0.4 is 5.32 Å². The van der Waals surface area contributed by atoms with Gasteiger partial charge in [-0.2, -0.15) is 0 Å². The van der Waals surface area contributed by atoms with E-state index in [4.69, 9.17) is 16.6 Å². The van der Waals surface area contributed by atoms with Crippen molar-refractivity contribution < 1.29 is 13.6 Å². The lowest BCUT2D eigenvalue weighted by molar-refractivity contribution is 0.0783. The van der Waals surface area contributed by atoms with E-state index >= 15 is 0 Å². The third-order valence-corrected chi connectivity index (χ3v) is 7.77. The van der Waals surface area contributed by atoms with E-state index in [1.807, 2.05) is 31.1 Å². The molecule has 208 valence electrons. The normalized spacial score (nSPS) is 16.2. The summed E-state index contributed by atoms with van der Waals surface area (Å²) in [5, 5.41) is 3.61. The van der Waals surface area contributed by atoms with Crippen molar-refractivity contribution in [2.75, 3.05) is 32.5 Å². The highest BCUT2D eigenvalue weighted by Gasteiger charge is 2.28. The van der Waals surface area contributed by atoms with Crippen molar-refractivity contribution in [2.45, 2.75) is 19.0 Å². The molecule has 1 fully saturated rings. The number of likely N-dealkylation sites (N-methyl/N-ethyl adjacent to an activating group) is 1. The molecule has 2 aliphatic rings. The molecular weight excluding hydrogens is 546 g/mol. The second-order valence-electron chi connectivity index (χ2n) is 10.4. The van der Waals surface area contributed by atoms with Gasteiger partial charge >= 0.3 is 0 Å². The molecular formula is C31H27ClF2N6O. The van der Waals surface area contributed by atoms with Gasteiger partial charge in [0, 0.05) is 58.3 Å². The molecule has 41 heavy (non-hydrogen) atoms. The van der Waals surface area contributed by atoms with Crippen LogP contribution in [-0.2, 0) is 6.54 Å². The summed E-state index contributed by atoms with van der Waals surface area (Å²) in [7, 11) is 4.07. The van der Waals surface area contributed by atoms with Gasteiger partial charge in [0.05, 0.1) is 23.5 Å². The molecule has 1 atom stereocenters. The summed E-state index contributed by atoms with van der Waals surface area (Å²) in [5.41, 5.74) is 3.69. The lowest BCUT2D eigenvalue weighted by Gasteiger charge is -2.20. The minimum Gasteiger partial charge on any atom is -0.337 e. The Hall–Kier alpha value is -4.21. The number of fused-ring (bicyclic) bond motifs is 3. The van der Waals surface area contributed by atoms with Gasteiger partial charge in [0.2, 0.25) is 5.95 Å². The summed E-state index contributed by atoms with van der Waals surface area (Å²) in [5.74, 6) is -1.08. The van der Waals surface area contributed by atoms with Gasteiger partial charge in [-0.15, -0.1) is 0 Å². The number of likely N-dealkylation sites (tertiary alicyclic amines) is 1. The lowest BCUT2D eigenvalue weighted by atomic mass is 9.95. The Kier molecular flexibility index (Phi) is 7.23. The van der Waals surface area contributed by atoms with Crippen LogP contribution in [0.5, 0.6) is 0 Å². The van der Waals surface area contributed by atoms with Gasteiger partial charge in [-0.3, -0.25) is 9.79 Å². The predicted octanol–water partition coefficient (Wildman–Crippen LogP) is 5.95. The Labute approximate surface area is 241 Å². The number of aromatic nitrogens is 2. The standard InChI is InChI=1S/C31H27ClF2N6O/c1-39(2)22-12-13-40(17-22)30(41)18-6-9-21(10-7-18)37-31-36-16-19-15-35-29(27-25(33)4-3-5-26(27)34)24-14-20(32)8-11-23(24)28(19)38-31/h3-11,14,16,22H,12-13,15,17H2,1-2H3,(H,36,37,38). The second-order valence-corrected chi connectivity index (χ2v) is 10.8. The number of nitrogens with one attached hydrogen (secondary N) is 1. The van der Waals surface area contributed by atoms with E-state index in [1.54, 1.807) is 36.5 Å². The van der Waals surface area contributed by atoms with Crippen LogP contribution in [0.2, 0.25) is 5.02 Å². The fraction of sp³-hybridized carbons (Fsp3) is 0.226. The number of carbonyl (C=O) groups is 1. The fourth-order valence-corrected chi connectivity index (χ4v) is 5.45. The van der Waals surface area contributed by atoms with Gasteiger partial charge in [0.25, 0.3) is 5.91 Å². The maximum atomic E-state index is 14.8. The zero-order valence-electron chi connectivity index (χ0n) is 22.5. The number of carbonyl (C=O) groups excluding carboxylic acids is 1. The minimum absolute atomic E-state index is 0.0135. The van der Waals surface area contributed by atoms with E-state index in [9.17, 15) is 13.6 Å². The summed E-state index contributed by atoms with van der Waals surface area (Å²) in [6.45, 7) is 1.59. The average Bonchev–Trinajstić information content (AvgIpc) is 3.41. The largest absolute Gasteiger partial charge is 0.337 e. The van der Waals surface area contributed by atoms with E-state index in [2.05, 4.69) is 20.2 Å². The van der Waals surface area contributed by atoms with Crippen LogP contribution in [0.3, 0.4) is 0 Å². The first-order chi connectivity index (χ1) is 19.8. The van der Waals surface area contributed by atoms with Crippen LogP contribution in [0, 0.1) is 11.6 Å². The van der Waals surface area contributed by atoms with E-state index in [0.717, 1.165) is 19.5 Å². The van der Waals surface area contributed by atoms with Crippen LogP contribution in [-0.4, -0.2) is 64.6 Å². The maximum Gasteiger partial charge on any atom is 0.253 e. The molecule has 2 aliphatic heterocycles. The number of benzene rings is 3. The third kappa shape index (κ3) is 5.30. The first-order valence-electron chi connectivity index (χ1n) is 13.3. The maximum absolute atomic E-state index is 14.8. The van der Waals surface area contributed by atoms with E-state index in [0.29, 0.717) is 50.6 Å². The molecule has 10 heteroatoms. The van der Waals surface area contributed by atoms with E-state index < -0.39 is 11.6 Å². The topological polar surface area (TPSA) is 73.7 Å². The summed E-state index contributed by atoms with van der Waals surface area (Å²) >= 11 is 6.31. The Balaban J connectivity index is 1.27. The summed E-state index contributed by atoms with van der Waals surface area (Å²) < 4.78 is 29.6. The lowest BCUT2D eigenvalue weighted by Crippen LogP contribution is -2.34. The van der Waals surface area contributed by atoms with Crippen molar-refractivity contribution in [3.63, 3.8) is 0 Å². The van der Waals surface area contributed by atoms with Gasteiger partial charge in [-0.05, 0) is 69.0 Å². The Morgan fingerprint density at radius 3 is 2.51 bits per heavy atom. The zero-order chi connectivity index (χ0) is 28.7. The van der Waals surface area contributed by atoms with Gasteiger partial charge in [0.15, 0.2) is 0 Å². The molecule has 0 bridgehead atoms. The molecule has 7 nitrogen and oxygen atoms in total. The molecule has 1 N–H and O–H groups in total. The second kappa shape index (κ2) is 11.0. The van der Waals surface area contributed by atoms with Crippen molar-refractivity contribution in [2.24, 2.45) is 4.99 Å². The Morgan fingerprint density at radius 1 is 1.05 bits per heavy atom.